The molecule has 1 aromatic heterocycles. The van der Waals surface area contributed by atoms with Gasteiger partial charge in [-0.1, -0.05) is 35.3 Å². The molecule has 15 heteroatoms. The third-order valence-electron chi connectivity index (χ3n) is 9.03. The number of benzene rings is 2. The zero-order chi connectivity index (χ0) is 32.6. The van der Waals surface area contributed by atoms with E-state index in [-0.39, 0.29) is 39.7 Å². The number of nitrogens with zero attached hydrogens (tertiary/aromatic N) is 4. The summed E-state index contributed by atoms with van der Waals surface area (Å²) in [4.78, 5) is 53.9. The third kappa shape index (κ3) is 5.12. The van der Waals surface area contributed by atoms with Crippen molar-refractivity contribution in [1.82, 2.24) is 30.8 Å². The Morgan fingerprint density at radius 1 is 1.09 bits per heavy atom. The number of halogens is 4. The highest BCUT2D eigenvalue weighted by atomic mass is 127. The number of amides is 3. The van der Waals surface area contributed by atoms with Crippen molar-refractivity contribution in [3.63, 3.8) is 0 Å². The predicted molar refractivity (Wildman–Crippen MR) is 178 cm³/mol. The monoisotopic (exact) mass is 776 g/mol. The molecule has 4 aliphatic rings. The van der Waals surface area contributed by atoms with E-state index in [0.717, 1.165) is 9.13 Å². The lowest BCUT2D eigenvalue weighted by Crippen LogP contribution is -2.55. The molecule has 2 saturated carbocycles. The van der Waals surface area contributed by atoms with Crippen molar-refractivity contribution in [2.75, 3.05) is 10.6 Å². The summed E-state index contributed by atoms with van der Waals surface area (Å²) in [5, 5.41) is 8.69. The van der Waals surface area contributed by atoms with Gasteiger partial charge in [-0.3, -0.25) is 19.3 Å². The first-order valence-corrected chi connectivity index (χ1v) is 16.4. The van der Waals surface area contributed by atoms with Crippen molar-refractivity contribution in [3.05, 3.63) is 91.5 Å². The topological polar surface area (TPSA) is 146 Å². The largest absolute Gasteiger partial charge is 0.399 e. The molecular weight excluding hydrogens is 749 g/mol. The van der Waals surface area contributed by atoms with Gasteiger partial charge in [-0.15, -0.1) is 0 Å². The highest BCUT2D eigenvalue weighted by Gasteiger charge is 2.61. The van der Waals surface area contributed by atoms with E-state index in [0.29, 0.717) is 37.2 Å². The van der Waals surface area contributed by atoms with Crippen LogP contribution in [0.5, 0.6) is 0 Å². The fourth-order valence-electron chi connectivity index (χ4n) is 6.18. The van der Waals surface area contributed by atoms with Gasteiger partial charge < -0.3 is 26.6 Å². The van der Waals surface area contributed by atoms with E-state index in [1.807, 2.05) is 12.1 Å². The molecule has 2 aliphatic heterocycles. The van der Waals surface area contributed by atoms with Crippen LogP contribution in [0.2, 0.25) is 10.0 Å². The maximum Gasteiger partial charge on any atom is 0.270 e. The number of hydrogen-bond acceptors (Lipinski definition) is 8. The second-order valence-corrected chi connectivity index (χ2v) is 14.4. The minimum Gasteiger partial charge on any atom is -0.399 e. The Morgan fingerprint density at radius 2 is 1.72 bits per heavy atom. The van der Waals surface area contributed by atoms with E-state index < -0.39 is 34.6 Å². The number of aromatic nitrogens is 2. The molecule has 3 amide bonds. The minimum atomic E-state index is -1.29. The number of nitrogens with one attached hydrogen (secondary N) is 3. The molecule has 3 fully saturated rings. The van der Waals surface area contributed by atoms with E-state index in [2.05, 4.69) is 48.5 Å². The standard InChI is InChI=1S/C31H28Cl2FIN8O3/c1-29(12-16-2-4-18(36)5-3-16)27(46)42(19-10-20(32)23(34)21(33)11-19)28-39-15-22(43(28)29)24(44)40-31(8-9-31)26(45)41-30(6-7-30)25-37-13-17(35)14-38-25/h2-5,10-11,13-15,28,39H,6-9,12,36H2,1H3,(H,40,44)(H,41,45)/t28?,29-/m1/s1. The summed E-state index contributed by atoms with van der Waals surface area (Å²) in [5.41, 5.74) is 4.64. The van der Waals surface area contributed by atoms with E-state index in [9.17, 15) is 18.8 Å². The smallest absolute Gasteiger partial charge is 0.270 e. The quantitative estimate of drug-likeness (QED) is 0.153. The van der Waals surface area contributed by atoms with Gasteiger partial charge in [0.1, 0.15) is 22.3 Å². The Kier molecular flexibility index (Phi) is 7.36. The van der Waals surface area contributed by atoms with Crippen LogP contribution < -0.4 is 26.6 Å². The summed E-state index contributed by atoms with van der Waals surface area (Å²) in [7, 11) is 0. The SMILES string of the molecule is C[C@@]1(Cc2ccc(N)cc2)C(=O)N(c2cc(Cl)c(F)c(Cl)c2)C2NC=C(C(=O)NC3(C(=O)NC4(c5ncc(I)cn5)CC4)CC3)N21. The molecule has 0 spiro atoms. The van der Waals surface area contributed by atoms with Crippen LogP contribution in [0.1, 0.15) is 44.0 Å². The first kappa shape index (κ1) is 30.9. The van der Waals surface area contributed by atoms with Crippen LogP contribution in [0.25, 0.3) is 0 Å². The molecule has 11 nitrogen and oxygen atoms in total. The highest BCUT2D eigenvalue weighted by Crippen LogP contribution is 2.47. The predicted octanol–water partition coefficient (Wildman–Crippen LogP) is 3.94. The van der Waals surface area contributed by atoms with E-state index in [4.69, 9.17) is 28.9 Å². The molecule has 2 aromatic carbocycles. The molecule has 1 saturated heterocycles. The zero-order valence-electron chi connectivity index (χ0n) is 24.4. The Morgan fingerprint density at radius 3 is 2.30 bits per heavy atom. The van der Waals surface area contributed by atoms with Gasteiger partial charge in [0.2, 0.25) is 5.91 Å². The summed E-state index contributed by atoms with van der Waals surface area (Å²) < 4.78 is 15.2. The van der Waals surface area contributed by atoms with Crippen LogP contribution in [0, 0.1) is 9.39 Å². The van der Waals surface area contributed by atoms with Crippen molar-refractivity contribution in [2.45, 2.75) is 61.9 Å². The Balaban J connectivity index is 1.17. The molecule has 238 valence electrons. The second-order valence-electron chi connectivity index (χ2n) is 12.3. The van der Waals surface area contributed by atoms with Gasteiger partial charge >= 0.3 is 0 Å². The van der Waals surface area contributed by atoms with Crippen molar-refractivity contribution in [3.8, 4) is 0 Å². The number of anilines is 2. The Labute approximate surface area is 287 Å². The van der Waals surface area contributed by atoms with Gasteiger partial charge in [0, 0.05) is 34.3 Å². The highest BCUT2D eigenvalue weighted by molar-refractivity contribution is 14.1. The number of fused-ring (bicyclic) bond motifs is 1. The number of nitrogen functional groups attached to an aromatic ring is 1. The van der Waals surface area contributed by atoms with Crippen LogP contribution in [-0.2, 0) is 26.3 Å². The fourth-order valence-corrected chi connectivity index (χ4v) is 6.93. The third-order valence-corrected chi connectivity index (χ3v) is 10.1. The number of carbonyl (C=O) groups excluding carboxylic acids is 3. The van der Waals surface area contributed by atoms with E-state index >= 15 is 0 Å². The van der Waals surface area contributed by atoms with Crippen LogP contribution in [-0.4, -0.2) is 50.0 Å². The Bertz CT molecular complexity index is 1790. The summed E-state index contributed by atoms with van der Waals surface area (Å²) in [5.74, 6) is -1.45. The van der Waals surface area contributed by atoms with Gasteiger partial charge in [0.05, 0.1) is 15.7 Å². The molecular formula is C31H28Cl2FIN8O3. The maximum atomic E-state index is 14.3. The van der Waals surface area contributed by atoms with Gasteiger partial charge in [0.25, 0.3) is 11.8 Å². The van der Waals surface area contributed by atoms with Gasteiger partial charge in [-0.05, 0) is 85.0 Å². The summed E-state index contributed by atoms with van der Waals surface area (Å²) >= 11 is 14.4. The molecule has 3 heterocycles. The molecule has 2 atom stereocenters. The molecule has 5 N–H and O–H groups in total. The van der Waals surface area contributed by atoms with Gasteiger partial charge in [-0.2, -0.15) is 0 Å². The number of nitrogens with two attached hydrogens (primary N) is 1. The molecule has 7 rings (SSSR count). The van der Waals surface area contributed by atoms with E-state index in [1.165, 1.54) is 23.2 Å². The van der Waals surface area contributed by atoms with Crippen molar-refractivity contribution in [2.24, 2.45) is 0 Å². The number of rotatable bonds is 8. The lowest BCUT2D eigenvalue weighted by Gasteiger charge is -2.35. The molecule has 0 radical (unpaired) electrons. The molecule has 46 heavy (non-hydrogen) atoms. The lowest BCUT2D eigenvalue weighted by atomic mass is 9.90. The summed E-state index contributed by atoms with van der Waals surface area (Å²) in [6.07, 6.45) is 6.59. The lowest BCUT2D eigenvalue weighted by molar-refractivity contribution is -0.130. The van der Waals surface area contributed by atoms with Crippen LogP contribution in [0.15, 0.2) is 60.7 Å². The number of hydrogen-bond donors (Lipinski definition) is 4. The van der Waals surface area contributed by atoms with Crippen molar-refractivity contribution >= 4 is 74.9 Å². The van der Waals surface area contributed by atoms with Crippen molar-refractivity contribution in [1.29, 1.82) is 0 Å². The second kappa shape index (κ2) is 10.9. The Hall–Kier alpha value is -3.69. The minimum absolute atomic E-state index is 0.166. The molecule has 3 aromatic rings. The average molecular weight is 777 g/mol. The van der Waals surface area contributed by atoms with Crippen LogP contribution in [0.4, 0.5) is 15.8 Å². The summed E-state index contributed by atoms with van der Waals surface area (Å²) in [6, 6.07) is 9.76. The molecule has 1 unspecified atom stereocenters. The number of carbonyl (C=O) groups is 3. The summed E-state index contributed by atoms with van der Waals surface area (Å²) in [6.45, 7) is 1.73. The fraction of sp³-hybridized carbons (Fsp3) is 0.323. The van der Waals surface area contributed by atoms with Gasteiger partial charge in [0.15, 0.2) is 17.9 Å². The maximum absolute atomic E-state index is 14.3. The van der Waals surface area contributed by atoms with Crippen LogP contribution in [0.3, 0.4) is 0 Å². The zero-order valence-corrected chi connectivity index (χ0v) is 28.1. The first-order chi connectivity index (χ1) is 21.9. The first-order valence-electron chi connectivity index (χ1n) is 14.6. The average Bonchev–Trinajstić information content (AvgIpc) is 3.92. The van der Waals surface area contributed by atoms with E-state index in [1.54, 1.807) is 36.4 Å². The van der Waals surface area contributed by atoms with Gasteiger partial charge in [-0.25, -0.2) is 14.4 Å². The molecule has 2 aliphatic carbocycles. The normalized spacial score (nSPS) is 23.4. The van der Waals surface area contributed by atoms with Crippen molar-refractivity contribution < 1.29 is 18.8 Å². The molecule has 0 bridgehead atoms. The van der Waals surface area contributed by atoms with Crippen LogP contribution >= 0.6 is 45.8 Å².